The molecule has 0 aliphatic carbocycles. The van der Waals surface area contributed by atoms with Gasteiger partial charge in [0.15, 0.2) is 0 Å². The van der Waals surface area contributed by atoms with Crippen molar-refractivity contribution in [2.45, 2.75) is 166 Å². The Morgan fingerprint density at radius 2 is 0.590 bits per heavy atom. The lowest BCUT2D eigenvalue weighted by Gasteiger charge is -2.40. The molecule has 5 atom stereocenters. The first kappa shape index (κ1) is 39.2. The number of rotatable bonds is 22. The molecule has 1 N–H and O–H groups in total. The van der Waals surface area contributed by atoms with Crippen molar-refractivity contribution < 1.29 is 31.0 Å². The van der Waals surface area contributed by atoms with Gasteiger partial charge in [-0.2, -0.15) is 0 Å². The second-order valence-electron chi connectivity index (χ2n) is 13.9. The SMILES string of the molecule is CC(C)CC(C)O[Si](O)(OC(C)CC(C)C)O[Si](OC(C)CC(C)C)(OC(C)CC(C)C)OC(C)CC(C)C. The van der Waals surface area contributed by atoms with E-state index in [1.807, 2.05) is 34.6 Å². The van der Waals surface area contributed by atoms with Gasteiger partial charge in [0.05, 0.1) is 0 Å². The molecule has 0 aliphatic rings. The summed E-state index contributed by atoms with van der Waals surface area (Å²) in [6.45, 7) is 31.4. The lowest BCUT2D eigenvalue weighted by atomic mass is 10.1. The third-order valence-corrected chi connectivity index (χ3v) is 11.5. The van der Waals surface area contributed by atoms with Gasteiger partial charge in [-0.15, -0.1) is 0 Å². The number of hydrogen-bond donors (Lipinski definition) is 1. The molecule has 0 saturated heterocycles. The highest BCUT2D eigenvalue weighted by molar-refractivity contribution is 6.67. The maximum atomic E-state index is 12.1. The molecular formula is C30H66O7Si2. The van der Waals surface area contributed by atoms with Gasteiger partial charge in [-0.1, -0.05) is 69.2 Å². The van der Waals surface area contributed by atoms with E-state index in [1.165, 1.54) is 0 Å². The van der Waals surface area contributed by atoms with Gasteiger partial charge >= 0.3 is 18.1 Å². The zero-order valence-corrected chi connectivity index (χ0v) is 30.2. The summed E-state index contributed by atoms with van der Waals surface area (Å²) >= 11 is 0. The van der Waals surface area contributed by atoms with Crippen molar-refractivity contribution in [2.24, 2.45) is 29.6 Å². The Hall–Kier alpha value is 0.154. The summed E-state index contributed by atoms with van der Waals surface area (Å²) in [4.78, 5) is 12.1. The number of hydrogen-bond acceptors (Lipinski definition) is 7. The smallest absolute Gasteiger partial charge is 0.368 e. The van der Waals surface area contributed by atoms with Gasteiger partial charge in [-0.3, -0.25) is 0 Å². The van der Waals surface area contributed by atoms with Crippen molar-refractivity contribution in [3.05, 3.63) is 0 Å². The highest BCUT2D eigenvalue weighted by atomic mass is 28.5. The van der Waals surface area contributed by atoms with Gasteiger partial charge in [-0.25, -0.2) is 0 Å². The second-order valence-corrected chi connectivity index (χ2v) is 18.0. The van der Waals surface area contributed by atoms with Gasteiger partial charge in [0.25, 0.3) is 0 Å². The van der Waals surface area contributed by atoms with Gasteiger partial charge in [-0.05, 0) is 96.3 Å². The van der Waals surface area contributed by atoms with E-state index in [1.54, 1.807) is 0 Å². The van der Waals surface area contributed by atoms with Gasteiger partial charge in [0.1, 0.15) is 0 Å². The summed E-state index contributed by atoms with van der Waals surface area (Å²) < 4.78 is 39.2. The quantitative estimate of drug-likeness (QED) is 0.127. The second kappa shape index (κ2) is 18.6. The third kappa shape index (κ3) is 19.1. The molecule has 0 aliphatic heterocycles. The van der Waals surface area contributed by atoms with E-state index >= 15 is 0 Å². The Labute approximate surface area is 245 Å². The lowest BCUT2D eigenvalue weighted by Crippen LogP contribution is -2.64. The van der Waals surface area contributed by atoms with Crippen LogP contribution in [0, 0.1) is 29.6 Å². The van der Waals surface area contributed by atoms with Gasteiger partial charge in [0.2, 0.25) is 0 Å². The Morgan fingerprint density at radius 3 is 0.795 bits per heavy atom. The maximum Gasteiger partial charge on any atom is 0.674 e. The summed E-state index contributed by atoms with van der Waals surface area (Å²) in [5.74, 6) is 2.01. The van der Waals surface area contributed by atoms with Crippen LogP contribution in [-0.2, 0) is 26.2 Å². The van der Waals surface area contributed by atoms with Crippen LogP contribution >= 0.6 is 0 Å². The molecule has 236 valence electrons. The minimum absolute atomic E-state index is 0.200. The molecule has 5 unspecified atom stereocenters. The van der Waals surface area contributed by atoms with Crippen molar-refractivity contribution >= 4 is 18.1 Å². The molecule has 0 saturated carbocycles. The summed E-state index contributed by atoms with van der Waals surface area (Å²) in [7, 11) is -8.25. The van der Waals surface area contributed by atoms with Crippen molar-refractivity contribution in [3.63, 3.8) is 0 Å². The van der Waals surface area contributed by atoms with Crippen LogP contribution in [0.5, 0.6) is 0 Å². The molecule has 39 heavy (non-hydrogen) atoms. The van der Waals surface area contributed by atoms with Crippen LogP contribution in [0.3, 0.4) is 0 Å². The summed E-state index contributed by atoms with van der Waals surface area (Å²) in [6.07, 6.45) is 2.79. The van der Waals surface area contributed by atoms with Crippen molar-refractivity contribution in [2.75, 3.05) is 0 Å². The van der Waals surface area contributed by atoms with Crippen molar-refractivity contribution in [1.29, 1.82) is 0 Å². The zero-order chi connectivity index (χ0) is 30.6. The molecule has 0 bridgehead atoms. The van der Waals surface area contributed by atoms with E-state index in [0.717, 1.165) is 32.1 Å². The molecule has 0 heterocycles. The Morgan fingerprint density at radius 1 is 0.385 bits per heavy atom. The molecule has 0 aromatic carbocycles. The summed E-state index contributed by atoms with van der Waals surface area (Å²) in [5.41, 5.74) is 0. The van der Waals surface area contributed by atoms with Crippen LogP contribution in [0.15, 0.2) is 0 Å². The van der Waals surface area contributed by atoms with Crippen LogP contribution in [0.4, 0.5) is 0 Å². The fourth-order valence-electron chi connectivity index (χ4n) is 5.20. The topological polar surface area (TPSA) is 75.6 Å². The zero-order valence-electron chi connectivity index (χ0n) is 28.2. The molecule has 0 aromatic rings. The first-order chi connectivity index (χ1) is 17.8. The lowest BCUT2D eigenvalue weighted by molar-refractivity contribution is -0.107. The molecule has 7 nitrogen and oxygen atoms in total. The molecule has 0 spiro atoms. The van der Waals surface area contributed by atoms with E-state index < -0.39 is 18.1 Å². The van der Waals surface area contributed by atoms with E-state index in [-0.39, 0.29) is 30.5 Å². The first-order valence-corrected chi connectivity index (χ1v) is 18.9. The average Bonchev–Trinajstić information content (AvgIpc) is 2.62. The molecule has 0 radical (unpaired) electrons. The van der Waals surface area contributed by atoms with Crippen LogP contribution in [0.25, 0.3) is 0 Å². The minimum Gasteiger partial charge on any atom is -0.368 e. The van der Waals surface area contributed by atoms with Crippen molar-refractivity contribution in [1.82, 2.24) is 0 Å². The fraction of sp³-hybridized carbons (Fsp3) is 1.00. The molecule has 0 aromatic heterocycles. The van der Waals surface area contributed by atoms with Crippen LogP contribution in [-0.4, -0.2) is 53.4 Å². The monoisotopic (exact) mass is 594 g/mol. The van der Waals surface area contributed by atoms with Crippen LogP contribution < -0.4 is 0 Å². The summed E-state index contributed by atoms with van der Waals surface area (Å²) in [5, 5.41) is 0. The Kier molecular flexibility index (Phi) is 18.7. The van der Waals surface area contributed by atoms with E-state index in [4.69, 9.17) is 26.2 Å². The van der Waals surface area contributed by atoms with Crippen LogP contribution in [0.2, 0.25) is 0 Å². The highest BCUT2D eigenvalue weighted by Crippen LogP contribution is 2.30. The molecule has 0 fully saturated rings. The highest BCUT2D eigenvalue weighted by Gasteiger charge is 2.61. The molecule has 0 amide bonds. The standard InChI is InChI=1S/C30H66O7Si2/c1-21(2)16-26(11)32-38(31,33-27(12)17-22(3)4)37-39(34-28(13)18-23(5)6,35-29(14)19-24(7)8)36-30(15)20-25(9)10/h21-31H,16-20H2,1-15H3. The average molecular weight is 595 g/mol. The molecule has 0 rings (SSSR count). The maximum absolute atomic E-state index is 12.1. The molecular weight excluding hydrogens is 528 g/mol. The predicted molar refractivity (Wildman–Crippen MR) is 165 cm³/mol. The van der Waals surface area contributed by atoms with Gasteiger partial charge < -0.3 is 31.0 Å². The molecule has 9 heteroatoms. The first-order valence-electron chi connectivity index (χ1n) is 15.6. The third-order valence-electron chi connectivity index (χ3n) is 6.01. The van der Waals surface area contributed by atoms with Crippen LogP contribution in [0.1, 0.15) is 136 Å². The normalized spacial score (nSPS) is 19.9. The van der Waals surface area contributed by atoms with E-state index in [0.29, 0.717) is 29.6 Å². The van der Waals surface area contributed by atoms with E-state index in [9.17, 15) is 4.80 Å². The predicted octanol–water partition coefficient (Wildman–Crippen LogP) is 8.12. The van der Waals surface area contributed by atoms with Crippen molar-refractivity contribution in [3.8, 4) is 0 Å². The summed E-state index contributed by atoms with van der Waals surface area (Å²) in [6, 6.07) is 0. The largest absolute Gasteiger partial charge is 0.674 e. The fourth-order valence-corrected chi connectivity index (χ4v) is 10.6. The van der Waals surface area contributed by atoms with E-state index in [2.05, 4.69) is 69.2 Å². The Bertz CT molecular complexity index is 567. The minimum atomic E-state index is -4.28. The Balaban J connectivity index is 6.63. The van der Waals surface area contributed by atoms with Gasteiger partial charge in [0, 0.05) is 30.5 Å².